The van der Waals surface area contributed by atoms with E-state index in [1.807, 2.05) is 0 Å². The van der Waals surface area contributed by atoms with Crippen molar-refractivity contribution in [3.8, 4) is 0 Å². The molecule has 0 aliphatic rings. The average molecular weight is 254 g/mol. The molecule has 1 rings (SSSR count). The number of rotatable bonds is 6. The highest BCUT2D eigenvalue weighted by Crippen LogP contribution is 2.15. The second-order valence-electron chi connectivity index (χ2n) is 3.09. The van der Waals surface area contributed by atoms with Gasteiger partial charge < -0.3 is 14.3 Å². The highest BCUT2D eigenvalue weighted by molar-refractivity contribution is 5.66. The Kier molecular flexibility index (Phi) is 4.44. The molecule has 0 aliphatic carbocycles. The van der Waals surface area contributed by atoms with Gasteiger partial charge in [0, 0.05) is 6.42 Å². The first kappa shape index (κ1) is 13.4. The number of hydrogen-bond acceptors (Lipinski definition) is 5. The van der Waals surface area contributed by atoms with E-state index in [1.54, 1.807) is 0 Å². The number of alkyl halides is 3. The fourth-order valence-corrected chi connectivity index (χ4v) is 0.916. The molecule has 0 saturated carbocycles. The minimum atomic E-state index is -4.41. The van der Waals surface area contributed by atoms with Gasteiger partial charge in [-0.05, 0) is 0 Å². The number of ether oxygens (including phenoxy) is 1. The van der Waals surface area contributed by atoms with Crippen molar-refractivity contribution in [2.75, 3.05) is 6.61 Å². The highest BCUT2D eigenvalue weighted by atomic mass is 19.4. The molecule has 0 unspecified atom stereocenters. The Morgan fingerprint density at radius 1 is 1.35 bits per heavy atom. The van der Waals surface area contributed by atoms with Crippen molar-refractivity contribution in [3.05, 3.63) is 11.8 Å². The van der Waals surface area contributed by atoms with E-state index in [0.29, 0.717) is 0 Å². The number of aryl methyl sites for hydroxylation is 1. The lowest BCUT2D eigenvalue weighted by atomic mass is 10.3. The van der Waals surface area contributed by atoms with E-state index in [9.17, 15) is 18.0 Å². The number of carbonyl (C=O) groups is 1. The molecule has 0 fully saturated rings. The maximum Gasteiger partial charge on any atom is 0.411 e. The minimum absolute atomic E-state index is 0.0294. The van der Waals surface area contributed by atoms with E-state index in [-0.39, 0.29) is 24.6 Å². The number of halogens is 3. The van der Waals surface area contributed by atoms with Crippen LogP contribution < -0.4 is 0 Å². The molecule has 1 aromatic rings. The Morgan fingerprint density at radius 2 is 2.00 bits per heavy atom. The second-order valence-corrected chi connectivity index (χ2v) is 3.09. The van der Waals surface area contributed by atoms with Crippen molar-refractivity contribution in [2.45, 2.75) is 25.6 Å². The molecule has 9 heteroatoms. The van der Waals surface area contributed by atoms with Crippen molar-refractivity contribution in [3.63, 3.8) is 0 Å². The predicted molar refractivity (Wildman–Crippen MR) is 46.0 cm³/mol. The zero-order chi connectivity index (χ0) is 12.9. The summed E-state index contributed by atoms with van der Waals surface area (Å²) in [6.07, 6.45) is -4.57. The SMILES string of the molecule is O=C(O)CCc1nnc(COCC(F)(F)F)o1. The second kappa shape index (κ2) is 5.62. The van der Waals surface area contributed by atoms with E-state index in [1.165, 1.54) is 0 Å². The maximum absolute atomic E-state index is 11.7. The number of nitrogens with zero attached hydrogens (tertiary/aromatic N) is 2. The Morgan fingerprint density at radius 3 is 2.59 bits per heavy atom. The van der Waals surface area contributed by atoms with E-state index in [0.717, 1.165) is 0 Å². The summed E-state index contributed by atoms with van der Waals surface area (Å²) >= 11 is 0. The number of carboxylic acid groups (broad SMARTS) is 1. The van der Waals surface area contributed by atoms with Crippen LogP contribution >= 0.6 is 0 Å². The normalized spacial score (nSPS) is 11.7. The molecule has 1 N–H and O–H groups in total. The molecule has 17 heavy (non-hydrogen) atoms. The van der Waals surface area contributed by atoms with Crippen molar-refractivity contribution >= 4 is 5.97 Å². The highest BCUT2D eigenvalue weighted by Gasteiger charge is 2.27. The zero-order valence-corrected chi connectivity index (χ0v) is 8.53. The Hall–Kier alpha value is -1.64. The Labute approximate surface area is 93.4 Å². The monoisotopic (exact) mass is 254 g/mol. The standard InChI is InChI=1S/C8H9F3N2O4/c9-8(10,11)4-16-3-6-13-12-5(17-6)1-2-7(14)15/h1-4H2,(H,14,15). The molecule has 0 aliphatic heterocycles. The van der Waals surface area contributed by atoms with Gasteiger partial charge in [-0.2, -0.15) is 13.2 Å². The molecule has 1 aromatic heterocycles. The first-order valence-corrected chi connectivity index (χ1v) is 4.54. The topological polar surface area (TPSA) is 85.5 Å². The van der Waals surface area contributed by atoms with Crippen molar-refractivity contribution in [2.24, 2.45) is 0 Å². The van der Waals surface area contributed by atoms with Crippen LogP contribution in [0.15, 0.2) is 4.42 Å². The fourth-order valence-electron chi connectivity index (χ4n) is 0.916. The molecule has 0 saturated heterocycles. The number of hydrogen-bond donors (Lipinski definition) is 1. The van der Waals surface area contributed by atoms with Crippen LogP contribution in [0.1, 0.15) is 18.2 Å². The summed E-state index contributed by atoms with van der Waals surface area (Å²) in [6, 6.07) is 0. The van der Waals surface area contributed by atoms with Gasteiger partial charge in [-0.3, -0.25) is 4.79 Å². The van der Waals surface area contributed by atoms with Crippen molar-refractivity contribution < 1.29 is 32.2 Å². The van der Waals surface area contributed by atoms with Crippen LogP contribution in [0.4, 0.5) is 13.2 Å². The van der Waals surface area contributed by atoms with Crippen LogP contribution in [0.2, 0.25) is 0 Å². The molecule has 0 spiro atoms. The molecule has 0 amide bonds. The third-order valence-corrected chi connectivity index (χ3v) is 1.55. The van der Waals surface area contributed by atoms with E-state index < -0.39 is 25.4 Å². The van der Waals surface area contributed by atoms with Crippen molar-refractivity contribution in [1.82, 2.24) is 10.2 Å². The van der Waals surface area contributed by atoms with E-state index in [4.69, 9.17) is 9.52 Å². The lowest BCUT2D eigenvalue weighted by Gasteiger charge is -2.04. The third kappa shape index (κ3) is 5.85. The maximum atomic E-state index is 11.7. The quantitative estimate of drug-likeness (QED) is 0.820. The number of aliphatic carboxylic acids is 1. The molecule has 0 aromatic carbocycles. The summed E-state index contributed by atoms with van der Waals surface area (Å²) in [7, 11) is 0. The summed E-state index contributed by atoms with van der Waals surface area (Å²) in [5.41, 5.74) is 0. The summed E-state index contributed by atoms with van der Waals surface area (Å²) < 4.78 is 44.3. The first-order valence-electron chi connectivity index (χ1n) is 4.54. The summed E-state index contributed by atoms with van der Waals surface area (Å²) in [4.78, 5) is 10.2. The fraction of sp³-hybridized carbons (Fsp3) is 0.625. The zero-order valence-electron chi connectivity index (χ0n) is 8.53. The molecular weight excluding hydrogens is 245 g/mol. The van der Waals surface area contributed by atoms with E-state index >= 15 is 0 Å². The molecule has 0 atom stereocenters. The lowest BCUT2D eigenvalue weighted by Crippen LogP contribution is -2.16. The van der Waals surface area contributed by atoms with Gasteiger partial charge in [-0.25, -0.2) is 0 Å². The van der Waals surface area contributed by atoms with Gasteiger partial charge in [0.1, 0.15) is 13.2 Å². The molecular formula is C8H9F3N2O4. The molecule has 0 radical (unpaired) electrons. The van der Waals surface area contributed by atoms with Gasteiger partial charge >= 0.3 is 12.1 Å². The molecule has 1 heterocycles. The largest absolute Gasteiger partial charge is 0.481 e. The molecule has 6 nitrogen and oxygen atoms in total. The van der Waals surface area contributed by atoms with Crippen LogP contribution in [-0.4, -0.2) is 34.1 Å². The summed E-state index contributed by atoms with van der Waals surface area (Å²) in [6.45, 7) is -1.86. The first-order chi connectivity index (χ1) is 7.87. The van der Waals surface area contributed by atoms with Gasteiger partial charge in [0.25, 0.3) is 0 Å². The van der Waals surface area contributed by atoms with Gasteiger partial charge in [0.15, 0.2) is 0 Å². The number of carboxylic acids is 1. The Balaban J connectivity index is 2.33. The van der Waals surface area contributed by atoms with Crippen LogP contribution in [0.3, 0.4) is 0 Å². The minimum Gasteiger partial charge on any atom is -0.481 e. The molecule has 96 valence electrons. The Bertz CT molecular complexity index is 377. The average Bonchev–Trinajstić information content (AvgIpc) is 2.61. The predicted octanol–water partition coefficient (Wildman–Crippen LogP) is 1.17. The summed E-state index contributed by atoms with van der Waals surface area (Å²) in [5, 5.41) is 15.2. The van der Waals surface area contributed by atoms with Crippen LogP contribution in [0.25, 0.3) is 0 Å². The van der Waals surface area contributed by atoms with Gasteiger partial charge in [0.05, 0.1) is 6.42 Å². The molecule has 0 bridgehead atoms. The van der Waals surface area contributed by atoms with Crippen molar-refractivity contribution in [1.29, 1.82) is 0 Å². The van der Waals surface area contributed by atoms with Gasteiger partial charge in [-0.1, -0.05) is 0 Å². The van der Waals surface area contributed by atoms with Gasteiger partial charge in [-0.15, -0.1) is 10.2 Å². The van der Waals surface area contributed by atoms with Crippen LogP contribution in [0.5, 0.6) is 0 Å². The summed E-state index contributed by atoms with van der Waals surface area (Å²) in [5.74, 6) is -1.09. The third-order valence-electron chi connectivity index (χ3n) is 1.55. The van der Waals surface area contributed by atoms with Gasteiger partial charge in [0.2, 0.25) is 11.8 Å². The smallest absolute Gasteiger partial charge is 0.411 e. The van der Waals surface area contributed by atoms with E-state index in [2.05, 4.69) is 14.9 Å². The number of aromatic nitrogens is 2. The van der Waals surface area contributed by atoms with Crippen LogP contribution in [-0.2, 0) is 22.6 Å². The van der Waals surface area contributed by atoms with Crippen LogP contribution in [0, 0.1) is 0 Å². The lowest BCUT2D eigenvalue weighted by molar-refractivity contribution is -0.177.